The van der Waals surface area contributed by atoms with Crippen molar-refractivity contribution in [3.63, 3.8) is 0 Å². The number of hydrogen-bond donors (Lipinski definition) is 3. The lowest BCUT2D eigenvalue weighted by Crippen LogP contribution is -2.32. The second-order valence-electron chi connectivity index (χ2n) is 5.81. The van der Waals surface area contributed by atoms with Crippen LogP contribution in [-0.2, 0) is 9.59 Å². The number of carbonyl (C=O) groups is 2. The maximum absolute atomic E-state index is 11.9. The van der Waals surface area contributed by atoms with Crippen LogP contribution < -0.4 is 16.1 Å². The fourth-order valence-electron chi connectivity index (χ4n) is 2.28. The van der Waals surface area contributed by atoms with Crippen molar-refractivity contribution in [1.82, 2.24) is 10.4 Å². The van der Waals surface area contributed by atoms with E-state index in [1.54, 1.807) is 35.7 Å². The molecule has 0 atom stereocenters. The minimum Gasteiger partial charge on any atom is -0.355 e. The van der Waals surface area contributed by atoms with Crippen LogP contribution in [0.25, 0.3) is 0 Å². The van der Waals surface area contributed by atoms with Crippen molar-refractivity contribution in [2.45, 2.75) is 6.92 Å². The monoisotopic (exact) mass is 447 g/mol. The smallest absolute Gasteiger partial charge is 0.329 e. The van der Waals surface area contributed by atoms with E-state index in [0.29, 0.717) is 26.4 Å². The summed E-state index contributed by atoms with van der Waals surface area (Å²) >= 11 is 13.4. The molecular weight excluding hydrogens is 433 g/mol. The van der Waals surface area contributed by atoms with Crippen molar-refractivity contribution < 1.29 is 9.59 Å². The van der Waals surface area contributed by atoms with Gasteiger partial charge in [-0.2, -0.15) is 5.10 Å². The summed E-state index contributed by atoms with van der Waals surface area (Å²) in [5, 5.41) is 12.6. The fourth-order valence-corrected chi connectivity index (χ4v) is 3.16. The summed E-state index contributed by atoms with van der Waals surface area (Å²) in [6.45, 7) is 1.95. The zero-order valence-electron chi connectivity index (χ0n) is 15.1. The van der Waals surface area contributed by atoms with Crippen LogP contribution in [0, 0.1) is 6.92 Å². The highest BCUT2D eigenvalue weighted by Crippen LogP contribution is 2.27. The van der Waals surface area contributed by atoms with Gasteiger partial charge in [-0.1, -0.05) is 29.3 Å². The van der Waals surface area contributed by atoms with Gasteiger partial charge in [-0.3, -0.25) is 14.9 Å². The van der Waals surface area contributed by atoms with Gasteiger partial charge in [-0.25, -0.2) is 10.4 Å². The number of aromatic nitrogens is 1. The van der Waals surface area contributed by atoms with Crippen LogP contribution >= 0.6 is 34.5 Å². The SMILES string of the molecule is Cc1ccc(Cl)cc1Nc1ccc(Cl)cc1/C=N\NC(=O)C(=O)Nc1nccs1. The molecule has 0 fully saturated rings. The Morgan fingerprint density at radius 1 is 1.07 bits per heavy atom. The molecule has 0 aliphatic carbocycles. The Morgan fingerprint density at radius 3 is 2.59 bits per heavy atom. The number of rotatable bonds is 5. The van der Waals surface area contributed by atoms with Gasteiger partial charge in [0, 0.05) is 38.6 Å². The molecule has 3 rings (SSSR count). The minimum absolute atomic E-state index is 0.326. The number of benzene rings is 2. The van der Waals surface area contributed by atoms with Gasteiger partial charge in [0.25, 0.3) is 0 Å². The number of nitrogens with zero attached hydrogens (tertiary/aromatic N) is 2. The lowest BCUT2D eigenvalue weighted by molar-refractivity contribution is -0.136. The first-order chi connectivity index (χ1) is 13.9. The predicted molar refractivity (Wildman–Crippen MR) is 117 cm³/mol. The van der Waals surface area contributed by atoms with Crippen LogP contribution in [0.3, 0.4) is 0 Å². The predicted octanol–water partition coefficient (Wildman–Crippen LogP) is 4.59. The van der Waals surface area contributed by atoms with Crippen LogP contribution in [0.1, 0.15) is 11.1 Å². The van der Waals surface area contributed by atoms with Crippen molar-refractivity contribution >= 4 is 69.1 Å². The fraction of sp³-hybridized carbons (Fsp3) is 0.0526. The van der Waals surface area contributed by atoms with E-state index in [9.17, 15) is 9.59 Å². The highest BCUT2D eigenvalue weighted by atomic mass is 35.5. The quantitative estimate of drug-likeness (QED) is 0.302. The molecule has 2 aromatic carbocycles. The maximum Gasteiger partial charge on any atom is 0.329 e. The Balaban J connectivity index is 1.71. The van der Waals surface area contributed by atoms with E-state index in [2.05, 4.69) is 26.1 Å². The number of hydrazone groups is 1. The zero-order valence-corrected chi connectivity index (χ0v) is 17.4. The van der Waals surface area contributed by atoms with Gasteiger partial charge < -0.3 is 5.32 Å². The number of carbonyl (C=O) groups excluding carboxylic acids is 2. The summed E-state index contributed by atoms with van der Waals surface area (Å²) in [5.41, 5.74) is 5.31. The Hall–Kier alpha value is -2.94. The standard InChI is InChI=1S/C19H15Cl2N5O2S/c1-11-2-3-14(21)9-16(11)24-15-5-4-13(20)8-12(15)10-23-26-18(28)17(27)25-19-22-6-7-29-19/h2-10,24H,1H3,(H,26,28)(H,22,25,27)/b23-10-. The minimum atomic E-state index is -0.918. The molecule has 0 aliphatic heterocycles. The first-order valence-corrected chi connectivity index (χ1v) is 9.92. The van der Waals surface area contributed by atoms with Crippen LogP contribution in [0.2, 0.25) is 10.0 Å². The molecule has 0 radical (unpaired) electrons. The molecule has 1 aromatic heterocycles. The van der Waals surface area contributed by atoms with Crippen LogP contribution in [-0.4, -0.2) is 23.0 Å². The second-order valence-corrected chi connectivity index (χ2v) is 7.57. The number of thiazole rings is 1. The van der Waals surface area contributed by atoms with E-state index in [1.165, 1.54) is 23.7 Å². The van der Waals surface area contributed by atoms with E-state index >= 15 is 0 Å². The summed E-state index contributed by atoms with van der Waals surface area (Å²) in [5.74, 6) is -1.78. The zero-order chi connectivity index (χ0) is 20.8. The highest BCUT2D eigenvalue weighted by molar-refractivity contribution is 7.13. The molecule has 29 heavy (non-hydrogen) atoms. The van der Waals surface area contributed by atoms with E-state index in [-0.39, 0.29) is 0 Å². The van der Waals surface area contributed by atoms with Crippen LogP contribution in [0.5, 0.6) is 0 Å². The van der Waals surface area contributed by atoms with Gasteiger partial charge in [0.1, 0.15) is 0 Å². The Labute approximate surface area is 180 Å². The van der Waals surface area contributed by atoms with Crippen molar-refractivity contribution in [3.05, 3.63) is 69.1 Å². The maximum atomic E-state index is 11.9. The average Bonchev–Trinajstić information content (AvgIpc) is 3.19. The summed E-state index contributed by atoms with van der Waals surface area (Å²) in [6, 6.07) is 10.7. The normalized spacial score (nSPS) is 10.7. The Bertz CT molecular complexity index is 1070. The lowest BCUT2D eigenvalue weighted by atomic mass is 10.1. The molecule has 10 heteroatoms. The summed E-state index contributed by atoms with van der Waals surface area (Å²) in [4.78, 5) is 27.6. The summed E-state index contributed by atoms with van der Waals surface area (Å²) < 4.78 is 0. The van der Waals surface area contributed by atoms with E-state index in [1.807, 2.05) is 13.0 Å². The molecule has 0 bridgehead atoms. The highest BCUT2D eigenvalue weighted by Gasteiger charge is 2.14. The molecule has 0 saturated carbocycles. The molecular formula is C19H15Cl2N5O2S. The Kier molecular flexibility index (Phi) is 6.82. The third-order valence-electron chi connectivity index (χ3n) is 3.71. The lowest BCUT2D eigenvalue weighted by Gasteiger charge is -2.12. The van der Waals surface area contributed by atoms with Gasteiger partial charge in [-0.05, 0) is 42.8 Å². The second kappa shape index (κ2) is 9.51. The summed E-state index contributed by atoms with van der Waals surface area (Å²) in [7, 11) is 0. The molecule has 2 amide bonds. The van der Waals surface area contributed by atoms with Gasteiger partial charge >= 0.3 is 11.8 Å². The molecule has 3 N–H and O–H groups in total. The van der Waals surface area contributed by atoms with Crippen molar-refractivity contribution in [2.24, 2.45) is 5.10 Å². The first kappa shape index (κ1) is 20.8. The number of nitrogens with one attached hydrogen (secondary N) is 3. The molecule has 0 saturated heterocycles. The molecule has 1 heterocycles. The van der Waals surface area contributed by atoms with Crippen LogP contribution in [0.4, 0.5) is 16.5 Å². The van der Waals surface area contributed by atoms with E-state index in [4.69, 9.17) is 23.2 Å². The molecule has 0 spiro atoms. The largest absolute Gasteiger partial charge is 0.355 e. The molecule has 3 aromatic rings. The molecule has 0 unspecified atom stereocenters. The first-order valence-electron chi connectivity index (χ1n) is 8.29. The Morgan fingerprint density at radius 2 is 1.83 bits per heavy atom. The third-order valence-corrected chi connectivity index (χ3v) is 4.87. The number of anilines is 3. The third kappa shape index (κ3) is 5.77. The van der Waals surface area contributed by atoms with Gasteiger partial charge in [0.15, 0.2) is 5.13 Å². The number of hydrogen-bond acceptors (Lipinski definition) is 6. The average molecular weight is 448 g/mol. The van der Waals surface area contributed by atoms with Crippen molar-refractivity contribution in [2.75, 3.05) is 10.6 Å². The summed E-state index contributed by atoms with van der Waals surface area (Å²) in [6.07, 6.45) is 2.91. The molecule has 148 valence electrons. The molecule has 7 nitrogen and oxygen atoms in total. The number of aryl methyl sites for hydroxylation is 1. The van der Waals surface area contributed by atoms with Gasteiger partial charge in [0.05, 0.1) is 6.21 Å². The van der Waals surface area contributed by atoms with Crippen LogP contribution in [0.15, 0.2) is 53.1 Å². The van der Waals surface area contributed by atoms with Crippen molar-refractivity contribution in [3.8, 4) is 0 Å². The molecule has 0 aliphatic rings. The van der Waals surface area contributed by atoms with Crippen molar-refractivity contribution in [1.29, 1.82) is 0 Å². The topological polar surface area (TPSA) is 95.5 Å². The van der Waals surface area contributed by atoms with E-state index in [0.717, 1.165) is 11.3 Å². The van der Waals surface area contributed by atoms with Gasteiger partial charge in [-0.15, -0.1) is 11.3 Å². The number of halogens is 2. The number of amides is 2. The van der Waals surface area contributed by atoms with Gasteiger partial charge in [0.2, 0.25) is 0 Å². The van der Waals surface area contributed by atoms with E-state index < -0.39 is 11.8 Å².